The van der Waals surface area contributed by atoms with E-state index in [1.54, 1.807) is 14.2 Å². The number of fused-ring (bicyclic) bond motifs is 3. The van der Waals surface area contributed by atoms with Crippen molar-refractivity contribution in [1.82, 2.24) is 4.98 Å². The highest BCUT2D eigenvalue weighted by Crippen LogP contribution is 2.38. The van der Waals surface area contributed by atoms with E-state index in [0.717, 1.165) is 39.6 Å². The number of hydrogen-bond acceptors (Lipinski definition) is 3. The molecule has 0 saturated carbocycles. The van der Waals surface area contributed by atoms with Gasteiger partial charge < -0.3 is 19.4 Å². The van der Waals surface area contributed by atoms with Crippen molar-refractivity contribution in [1.29, 1.82) is 0 Å². The maximum absolute atomic E-state index is 5.35. The summed E-state index contributed by atoms with van der Waals surface area (Å²) < 4.78 is 10.7. The molecule has 0 aliphatic carbocycles. The summed E-state index contributed by atoms with van der Waals surface area (Å²) in [4.78, 5) is 5.74. The van der Waals surface area contributed by atoms with Crippen LogP contribution in [0.25, 0.3) is 21.8 Å². The topological polar surface area (TPSA) is 37.5 Å². The van der Waals surface area contributed by atoms with Gasteiger partial charge in [0.05, 0.1) is 14.2 Å². The largest absolute Gasteiger partial charge is 0.497 e. The van der Waals surface area contributed by atoms with Crippen molar-refractivity contribution in [2.45, 2.75) is 0 Å². The summed E-state index contributed by atoms with van der Waals surface area (Å²) >= 11 is 0. The molecule has 0 aliphatic rings. The lowest BCUT2D eigenvalue weighted by Crippen LogP contribution is -2.09. The van der Waals surface area contributed by atoms with E-state index in [2.05, 4.69) is 76.6 Å². The van der Waals surface area contributed by atoms with Crippen molar-refractivity contribution in [3.8, 4) is 11.5 Å². The zero-order chi connectivity index (χ0) is 20.5. The van der Waals surface area contributed by atoms with E-state index in [1.807, 2.05) is 24.3 Å². The number of hydrogen-bond donors (Lipinski definition) is 1. The number of nitrogens with zero attached hydrogens (tertiary/aromatic N) is 1. The van der Waals surface area contributed by atoms with E-state index in [-0.39, 0.29) is 0 Å². The van der Waals surface area contributed by atoms with Gasteiger partial charge in [-0.05, 0) is 72.8 Å². The summed E-state index contributed by atoms with van der Waals surface area (Å²) in [6.45, 7) is 0. The van der Waals surface area contributed by atoms with Crippen LogP contribution < -0.4 is 14.4 Å². The monoisotopic (exact) mass is 394 g/mol. The molecule has 0 spiro atoms. The second kappa shape index (κ2) is 7.48. The second-order valence-electron chi connectivity index (χ2n) is 7.13. The minimum atomic E-state index is 0.834. The summed E-state index contributed by atoms with van der Waals surface area (Å²) in [5.74, 6) is 1.67. The molecule has 1 N–H and O–H groups in total. The van der Waals surface area contributed by atoms with Crippen LogP contribution in [0.15, 0.2) is 91.0 Å². The molecule has 4 aromatic carbocycles. The van der Waals surface area contributed by atoms with Gasteiger partial charge in [-0.25, -0.2) is 0 Å². The minimum absolute atomic E-state index is 0.834. The van der Waals surface area contributed by atoms with Gasteiger partial charge in [-0.1, -0.05) is 18.2 Å². The van der Waals surface area contributed by atoms with Crippen LogP contribution in [-0.4, -0.2) is 19.2 Å². The molecular weight excluding hydrogens is 372 g/mol. The Labute approximate surface area is 175 Å². The summed E-state index contributed by atoms with van der Waals surface area (Å²) in [5, 5.41) is 2.42. The fraction of sp³-hybridized carbons (Fsp3) is 0.0769. The van der Waals surface area contributed by atoms with Crippen molar-refractivity contribution >= 4 is 38.9 Å². The van der Waals surface area contributed by atoms with Gasteiger partial charge in [0.25, 0.3) is 0 Å². The van der Waals surface area contributed by atoms with Crippen LogP contribution in [0.4, 0.5) is 17.1 Å². The maximum atomic E-state index is 5.35. The van der Waals surface area contributed by atoms with Crippen LogP contribution in [0, 0.1) is 0 Å². The predicted molar refractivity (Wildman–Crippen MR) is 124 cm³/mol. The van der Waals surface area contributed by atoms with E-state index in [1.165, 1.54) is 10.8 Å². The molecule has 0 aliphatic heterocycles. The lowest BCUT2D eigenvalue weighted by Gasteiger charge is -2.26. The van der Waals surface area contributed by atoms with Crippen LogP contribution in [-0.2, 0) is 0 Å². The van der Waals surface area contributed by atoms with Crippen LogP contribution in [0.1, 0.15) is 0 Å². The van der Waals surface area contributed by atoms with E-state index < -0.39 is 0 Å². The first kappa shape index (κ1) is 18.1. The third-order valence-corrected chi connectivity index (χ3v) is 5.41. The summed E-state index contributed by atoms with van der Waals surface area (Å²) in [6.07, 6.45) is 0. The van der Waals surface area contributed by atoms with Crippen molar-refractivity contribution < 1.29 is 9.47 Å². The minimum Gasteiger partial charge on any atom is -0.497 e. The number of benzene rings is 4. The third kappa shape index (κ3) is 3.12. The van der Waals surface area contributed by atoms with E-state index in [0.29, 0.717) is 0 Å². The van der Waals surface area contributed by atoms with Gasteiger partial charge in [-0.3, -0.25) is 0 Å². The zero-order valence-electron chi connectivity index (χ0n) is 16.9. The molecule has 4 heteroatoms. The van der Waals surface area contributed by atoms with Crippen molar-refractivity contribution in [3.63, 3.8) is 0 Å². The number of aromatic nitrogens is 1. The molecule has 1 heterocycles. The van der Waals surface area contributed by atoms with Crippen molar-refractivity contribution in [2.24, 2.45) is 0 Å². The Morgan fingerprint density at radius 2 is 1.10 bits per heavy atom. The Morgan fingerprint density at radius 3 is 1.70 bits per heavy atom. The number of methoxy groups -OCH3 is 2. The van der Waals surface area contributed by atoms with Gasteiger partial charge in [0.1, 0.15) is 11.5 Å². The Morgan fingerprint density at radius 1 is 0.567 bits per heavy atom. The number of rotatable bonds is 5. The summed E-state index contributed by atoms with van der Waals surface area (Å²) in [7, 11) is 3.36. The molecular formula is C26H22N2O2. The Hall–Kier alpha value is -3.92. The molecule has 0 atom stereocenters. The molecule has 4 nitrogen and oxygen atoms in total. The fourth-order valence-corrected chi connectivity index (χ4v) is 3.89. The Kier molecular flexibility index (Phi) is 4.52. The average molecular weight is 394 g/mol. The lowest BCUT2D eigenvalue weighted by molar-refractivity contribution is 0.415. The molecule has 30 heavy (non-hydrogen) atoms. The molecule has 0 radical (unpaired) electrons. The van der Waals surface area contributed by atoms with Gasteiger partial charge in [0.2, 0.25) is 0 Å². The van der Waals surface area contributed by atoms with Gasteiger partial charge in [-0.15, -0.1) is 0 Å². The third-order valence-electron chi connectivity index (χ3n) is 5.41. The first-order valence-corrected chi connectivity index (χ1v) is 9.85. The van der Waals surface area contributed by atoms with E-state index in [9.17, 15) is 0 Å². The predicted octanol–water partition coefficient (Wildman–Crippen LogP) is 6.81. The molecule has 5 aromatic rings. The van der Waals surface area contributed by atoms with Crippen LogP contribution >= 0.6 is 0 Å². The molecule has 148 valence electrons. The molecule has 0 bridgehead atoms. The number of para-hydroxylation sites is 1. The Bertz CT molecular complexity index is 1260. The molecule has 0 unspecified atom stereocenters. The van der Waals surface area contributed by atoms with Crippen LogP contribution in [0.3, 0.4) is 0 Å². The van der Waals surface area contributed by atoms with Crippen molar-refractivity contribution in [3.05, 3.63) is 91.0 Å². The summed E-state index contributed by atoms with van der Waals surface area (Å²) in [5.41, 5.74) is 5.47. The van der Waals surface area contributed by atoms with Crippen molar-refractivity contribution in [2.75, 3.05) is 19.1 Å². The normalized spacial score (nSPS) is 11.0. The average Bonchev–Trinajstić information content (AvgIpc) is 3.18. The molecule has 5 rings (SSSR count). The van der Waals surface area contributed by atoms with E-state index >= 15 is 0 Å². The molecule has 1 aromatic heterocycles. The second-order valence-corrected chi connectivity index (χ2v) is 7.13. The SMILES string of the molecule is COc1ccc(N(c2ccc(OC)cc2)c2ccc3[nH]c4ccccc4c3c2)cc1. The smallest absolute Gasteiger partial charge is 0.119 e. The molecule has 0 saturated heterocycles. The van der Waals surface area contributed by atoms with Gasteiger partial charge >= 0.3 is 0 Å². The van der Waals surface area contributed by atoms with Gasteiger partial charge in [-0.2, -0.15) is 0 Å². The van der Waals surface area contributed by atoms with Gasteiger partial charge in [0.15, 0.2) is 0 Å². The fourth-order valence-electron chi connectivity index (χ4n) is 3.89. The number of H-pyrrole nitrogens is 1. The van der Waals surface area contributed by atoms with Crippen LogP contribution in [0.5, 0.6) is 11.5 Å². The quantitative estimate of drug-likeness (QED) is 0.356. The highest BCUT2D eigenvalue weighted by molar-refractivity contribution is 6.08. The lowest BCUT2D eigenvalue weighted by atomic mass is 10.1. The summed E-state index contributed by atoms with van der Waals surface area (Å²) in [6, 6.07) is 31.1. The molecule has 0 amide bonds. The first-order valence-electron chi connectivity index (χ1n) is 9.85. The standard InChI is InChI=1S/C26H22N2O2/c1-29-21-12-7-18(8-13-21)28(19-9-14-22(30-2)15-10-19)20-11-16-26-24(17-20)23-5-3-4-6-25(23)27-26/h3-17,27H,1-2H3. The first-order chi connectivity index (χ1) is 14.8. The van der Waals surface area contributed by atoms with Crippen LogP contribution in [0.2, 0.25) is 0 Å². The van der Waals surface area contributed by atoms with E-state index in [4.69, 9.17) is 9.47 Å². The molecule has 0 fully saturated rings. The number of nitrogens with one attached hydrogen (secondary N) is 1. The maximum Gasteiger partial charge on any atom is 0.119 e. The number of anilines is 3. The van der Waals surface area contributed by atoms with Gasteiger partial charge in [0, 0.05) is 38.9 Å². The zero-order valence-corrected chi connectivity index (χ0v) is 16.9. The highest BCUT2D eigenvalue weighted by atomic mass is 16.5. The Balaban J connectivity index is 1.69. The number of aromatic amines is 1. The highest BCUT2D eigenvalue weighted by Gasteiger charge is 2.15. The number of ether oxygens (including phenoxy) is 2.